The number of carbonyl (C=O) groups excluding carboxylic acids is 1. The van der Waals surface area contributed by atoms with Gasteiger partial charge in [0.15, 0.2) is 0 Å². The van der Waals surface area contributed by atoms with E-state index in [1.54, 1.807) is 43.3 Å². The van der Waals surface area contributed by atoms with Gasteiger partial charge in [0.2, 0.25) is 0 Å². The Balaban J connectivity index is 1.54. The molecule has 0 aliphatic carbocycles. The number of nitrogens with one attached hydrogen (secondary N) is 2. The summed E-state index contributed by atoms with van der Waals surface area (Å²) in [5.74, 6) is -0.258. The molecule has 1 amide bonds. The van der Waals surface area contributed by atoms with Gasteiger partial charge in [-0.15, -0.1) is 0 Å². The van der Waals surface area contributed by atoms with Crippen LogP contribution in [0.2, 0.25) is 0 Å². The summed E-state index contributed by atoms with van der Waals surface area (Å²) in [7, 11) is -3.74. The number of hydrogen-bond acceptors (Lipinski definition) is 3. The van der Waals surface area contributed by atoms with Crippen LogP contribution in [0.15, 0.2) is 95.9 Å². The summed E-state index contributed by atoms with van der Waals surface area (Å²) in [6.07, 6.45) is 0. The van der Waals surface area contributed by atoms with Gasteiger partial charge in [-0.05, 0) is 53.1 Å². The predicted molar refractivity (Wildman–Crippen MR) is 124 cm³/mol. The molecule has 5 nitrogen and oxygen atoms in total. The highest BCUT2D eigenvalue weighted by Gasteiger charge is 2.18. The van der Waals surface area contributed by atoms with Gasteiger partial charge in [0.25, 0.3) is 15.9 Å². The standard InChI is InChI=1S/C25H22N2O3S/c1-18-22(15-8-16-24(18)27-31(29,30)21-12-3-2-4-13-21)25(28)26-17-20-11-7-10-19-9-5-6-14-23(19)20/h2-16,27H,17H2,1H3,(H,26,28). The number of rotatable bonds is 6. The number of hydrogen-bond donors (Lipinski definition) is 2. The molecule has 0 spiro atoms. The number of fused-ring (bicyclic) bond motifs is 1. The van der Waals surface area contributed by atoms with Gasteiger partial charge in [0.1, 0.15) is 0 Å². The third-order valence-electron chi connectivity index (χ3n) is 5.20. The largest absolute Gasteiger partial charge is 0.348 e. The van der Waals surface area contributed by atoms with Crippen LogP contribution in [0.5, 0.6) is 0 Å². The van der Waals surface area contributed by atoms with Gasteiger partial charge < -0.3 is 5.32 Å². The lowest BCUT2D eigenvalue weighted by Gasteiger charge is -2.14. The first-order chi connectivity index (χ1) is 15.0. The Morgan fingerprint density at radius 2 is 1.48 bits per heavy atom. The molecule has 0 heterocycles. The summed E-state index contributed by atoms with van der Waals surface area (Å²) in [5, 5.41) is 5.16. The van der Waals surface area contributed by atoms with E-state index >= 15 is 0 Å². The minimum atomic E-state index is -3.74. The summed E-state index contributed by atoms with van der Waals surface area (Å²) >= 11 is 0. The number of carbonyl (C=O) groups is 1. The summed E-state index contributed by atoms with van der Waals surface area (Å²) in [6, 6.07) is 27.2. The Kier molecular flexibility index (Phi) is 5.73. The maximum atomic E-state index is 12.9. The maximum Gasteiger partial charge on any atom is 0.261 e. The quantitative estimate of drug-likeness (QED) is 0.458. The number of amides is 1. The van der Waals surface area contributed by atoms with Crippen LogP contribution < -0.4 is 10.0 Å². The lowest BCUT2D eigenvalue weighted by Crippen LogP contribution is -2.24. The number of benzene rings is 4. The maximum absolute atomic E-state index is 12.9. The van der Waals surface area contributed by atoms with E-state index in [0.29, 0.717) is 23.4 Å². The summed E-state index contributed by atoms with van der Waals surface area (Å²) in [4.78, 5) is 13.0. The van der Waals surface area contributed by atoms with Crippen LogP contribution in [0, 0.1) is 6.92 Å². The topological polar surface area (TPSA) is 75.3 Å². The summed E-state index contributed by atoms with van der Waals surface area (Å²) in [6.45, 7) is 2.11. The minimum absolute atomic E-state index is 0.167. The van der Waals surface area contributed by atoms with Crippen LogP contribution >= 0.6 is 0 Å². The lowest BCUT2D eigenvalue weighted by molar-refractivity contribution is 0.0950. The van der Waals surface area contributed by atoms with Crippen molar-refractivity contribution in [1.29, 1.82) is 0 Å². The van der Waals surface area contributed by atoms with Gasteiger partial charge in [0.05, 0.1) is 10.6 Å². The Hall–Kier alpha value is -3.64. The number of anilines is 1. The monoisotopic (exact) mass is 430 g/mol. The fourth-order valence-electron chi connectivity index (χ4n) is 3.51. The molecule has 4 aromatic rings. The molecule has 0 saturated carbocycles. The van der Waals surface area contributed by atoms with Crippen LogP contribution in [0.25, 0.3) is 10.8 Å². The van der Waals surface area contributed by atoms with Crippen molar-refractivity contribution in [3.63, 3.8) is 0 Å². The van der Waals surface area contributed by atoms with E-state index in [2.05, 4.69) is 10.0 Å². The highest BCUT2D eigenvalue weighted by Crippen LogP contribution is 2.23. The molecular weight excluding hydrogens is 408 g/mol. The minimum Gasteiger partial charge on any atom is -0.348 e. The average Bonchev–Trinajstić information content (AvgIpc) is 2.79. The molecule has 2 N–H and O–H groups in total. The molecule has 6 heteroatoms. The fourth-order valence-corrected chi connectivity index (χ4v) is 4.66. The van der Waals surface area contributed by atoms with Crippen molar-refractivity contribution in [2.75, 3.05) is 4.72 Å². The first kappa shape index (κ1) is 20.6. The summed E-state index contributed by atoms with van der Waals surface area (Å²) in [5.41, 5.74) is 2.39. The zero-order valence-electron chi connectivity index (χ0n) is 17.0. The van der Waals surface area contributed by atoms with E-state index in [0.717, 1.165) is 16.3 Å². The summed E-state index contributed by atoms with van der Waals surface area (Å²) < 4.78 is 27.9. The SMILES string of the molecule is Cc1c(NS(=O)(=O)c2ccccc2)cccc1C(=O)NCc1cccc2ccccc12. The van der Waals surface area contributed by atoms with Crippen LogP contribution in [-0.2, 0) is 16.6 Å². The Morgan fingerprint density at radius 1 is 0.806 bits per heavy atom. The second kappa shape index (κ2) is 8.62. The van der Waals surface area contributed by atoms with Gasteiger partial charge >= 0.3 is 0 Å². The van der Waals surface area contributed by atoms with Gasteiger partial charge in [-0.2, -0.15) is 0 Å². The third-order valence-corrected chi connectivity index (χ3v) is 6.58. The normalized spacial score (nSPS) is 11.3. The molecular formula is C25H22N2O3S. The highest BCUT2D eigenvalue weighted by atomic mass is 32.2. The zero-order valence-corrected chi connectivity index (χ0v) is 17.8. The van der Waals surface area contributed by atoms with E-state index in [4.69, 9.17) is 0 Å². The van der Waals surface area contributed by atoms with E-state index in [1.165, 1.54) is 12.1 Å². The van der Waals surface area contributed by atoms with Crippen molar-refractivity contribution in [1.82, 2.24) is 5.32 Å². The molecule has 0 radical (unpaired) electrons. The highest BCUT2D eigenvalue weighted by molar-refractivity contribution is 7.92. The van der Waals surface area contributed by atoms with E-state index in [-0.39, 0.29) is 10.8 Å². The van der Waals surface area contributed by atoms with Gasteiger partial charge in [-0.3, -0.25) is 9.52 Å². The Morgan fingerprint density at radius 3 is 2.29 bits per heavy atom. The van der Waals surface area contributed by atoms with Crippen molar-refractivity contribution in [2.45, 2.75) is 18.4 Å². The molecule has 0 fully saturated rings. The van der Waals surface area contributed by atoms with Gasteiger partial charge in [-0.1, -0.05) is 66.7 Å². The van der Waals surface area contributed by atoms with Crippen molar-refractivity contribution in [3.05, 3.63) is 108 Å². The molecule has 31 heavy (non-hydrogen) atoms. The van der Waals surface area contributed by atoms with Crippen molar-refractivity contribution in [3.8, 4) is 0 Å². The first-order valence-corrected chi connectivity index (χ1v) is 11.4. The fraction of sp³-hybridized carbons (Fsp3) is 0.0800. The van der Waals surface area contributed by atoms with E-state index < -0.39 is 10.0 Å². The second-order valence-corrected chi connectivity index (χ2v) is 8.90. The van der Waals surface area contributed by atoms with Crippen molar-refractivity contribution >= 4 is 32.4 Å². The molecule has 0 bridgehead atoms. The second-order valence-electron chi connectivity index (χ2n) is 7.22. The van der Waals surface area contributed by atoms with E-state index in [9.17, 15) is 13.2 Å². The Bertz CT molecular complexity index is 1340. The van der Waals surface area contributed by atoms with Crippen molar-refractivity contribution < 1.29 is 13.2 Å². The zero-order chi connectivity index (χ0) is 21.8. The molecule has 0 aliphatic rings. The van der Waals surface area contributed by atoms with Crippen LogP contribution in [0.4, 0.5) is 5.69 Å². The Labute approximate surface area is 181 Å². The lowest BCUT2D eigenvalue weighted by atomic mass is 10.0. The van der Waals surface area contributed by atoms with Crippen LogP contribution in [0.1, 0.15) is 21.5 Å². The van der Waals surface area contributed by atoms with Crippen LogP contribution in [-0.4, -0.2) is 14.3 Å². The molecule has 0 aromatic heterocycles. The average molecular weight is 431 g/mol. The molecule has 0 atom stereocenters. The van der Waals surface area contributed by atoms with E-state index in [1.807, 2.05) is 42.5 Å². The van der Waals surface area contributed by atoms with Crippen LogP contribution in [0.3, 0.4) is 0 Å². The molecule has 0 aliphatic heterocycles. The molecule has 156 valence electrons. The van der Waals surface area contributed by atoms with Gasteiger partial charge in [0, 0.05) is 12.1 Å². The van der Waals surface area contributed by atoms with Crippen molar-refractivity contribution in [2.24, 2.45) is 0 Å². The van der Waals surface area contributed by atoms with Gasteiger partial charge in [-0.25, -0.2) is 8.42 Å². The smallest absolute Gasteiger partial charge is 0.261 e. The first-order valence-electron chi connectivity index (χ1n) is 9.88. The molecule has 4 aromatic carbocycles. The third kappa shape index (κ3) is 4.44. The predicted octanol–water partition coefficient (Wildman–Crippen LogP) is 4.88. The molecule has 0 saturated heterocycles. The molecule has 4 rings (SSSR count). The molecule has 0 unspecified atom stereocenters. The number of sulfonamides is 1.